The molecule has 0 aliphatic rings. The summed E-state index contributed by atoms with van der Waals surface area (Å²) in [6.45, 7) is 0.605. The minimum Gasteiger partial charge on any atom is -0.382 e. The first kappa shape index (κ1) is 10.5. The minimum absolute atomic E-state index is 0.242. The average Bonchev–Trinajstić information content (AvgIpc) is 2.64. The second-order valence-corrected chi connectivity index (χ2v) is 3.65. The van der Waals surface area contributed by atoms with Crippen LogP contribution in [0.3, 0.4) is 0 Å². The fraction of sp³-hybridized carbons (Fsp3) is 0.182. The summed E-state index contributed by atoms with van der Waals surface area (Å²) in [6, 6.07) is 8.20. The van der Waals surface area contributed by atoms with E-state index in [0.717, 1.165) is 11.4 Å². The number of nitrogens with two attached hydrogens (primary N) is 1. The second kappa shape index (κ2) is 4.22. The van der Waals surface area contributed by atoms with E-state index in [0.29, 0.717) is 12.4 Å². The summed E-state index contributed by atoms with van der Waals surface area (Å²) < 4.78 is 13.0. The molecule has 0 atom stereocenters. The molecule has 1 heterocycles. The molecule has 0 saturated carbocycles. The Labute approximate surface area is 92.9 Å². The van der Waals surface area contributed by atoms with Crippen molar-refractivity contribution in [1.29, 1.82) is 0 Å². The highest BCUT2D eigenvalue weighted by molar-refractivity contribution is 5.46. The number of hydrogen-bond acceptors (Lipinski definition) is 3. The Hall–Kier alpha value is -2.04. The van der Waals surface area contributed by atoms with Crippen LogP contribution in [-0.2, 0) is 6.54 Å². The monoisotopic (exact) mass is 220 g/mol. The van der Waals surface area contributed by atoms with Crippen molar-refractivity contribution in [1.82, 2.24) is 10.2 Å². The minimum atomic E-state index is -0.242. The number of aromatic amines is 1. The summed E-state index contributed by atoms with van der Waals surface area (Å²) in [7, 11) is 1.88. The van der Waals surface area contributed by atoms with E-state index in [4.69, 9.17) is 5.73 Å². The van der Waals surface area contributed by atoms with Gasteiger partial charge in [0.1, 0.15) is 11.6 Å². The number of rotatable bonds is 3. The van der Waals surface area contributed by atoms with Gasteiger partial charge in [-0.2, -0.15) is 5.10 Å². The largest absolute Gasteiger partial charge is 0.382 e. The van der Waals surface area contributed by atoms with Crippen LogP contribution in [0.2, 0.25) is 0 Å². The van der Waals surface area contributed by atoms with Gasteiger partial charge in [0, 0.05) is 18.8 Å². The maximum Gasteiger partial charge on any atom is 0.145 e. The van der Waals surface area contributed by atoms with E-state index in [1.54, 1.807) is 12.1 Å². The number of halogens is 1. The van der Waals surface area contributed by atoms with E-state index >= 15 is 0 Å². The first-order chi connectivity index (χ1) is 7.65. The van der Waals surface area contributed by atoms with Crippen LogP contribution in [0.1, 0.15) is 5.69 Å². The van der Waals surface area contributed by atoms with Gasteiger partial charge in [-0.05, 0) is 18.2 Å². The van der Waals surface area contributed by atoms with Crippen molar-refractivity contribution < 1.29 is 4.39 Å². The molecule has 2 aromatic rings. The van der Waals surface area contributed by atoms with Crippen molar-refractivity contribution in [3.05, 3.63) is 41.8 Å². The summed E-state index contributed by atoms with van der Waals surface area (Å²) >= 11 is 0. The van der Waals surface area contributed by atoms with Crippen LogP contribution in [0.15, 0.2) is 30.3 Å². The van der Waals surface area contributed by atoms with Gasteiger partial charge in [-0.15, -0.1) is 0 Å². The van der Waals surface area contributed by atoms with Crippen molar-refractivity contribution in [3.8, 4) is 0 Å². The van der Waals surface area contributed by atoms with Crippen LogP contribution in [-0.4, -0.2) is 17.2 Å². The summed E-state index contributed by atoms with van der Waals surface area (Å²) in [5.74, 6) is 0.219. The van der Waals surface area contributed by atoms with E-state index in [-0.39, 0.29) is 5.82 Å². The normalized spacial score (nSPS) is 10.4. The molecule has 0 aliphatic carbocycles. The molecule has 0 bridgehead atoms. The lowest BCUT2D eigenvalue weighted by Gasteiger charge is -2.18. The lowest BCUT2D eigenvalue weighted by Crippen LogP contribution is -2.16. The summed E-state index contributed by atoms with van der Waals surface area (Å²) in [4.78, 5) is 1.91. The molecule has 1 aromatic carbocycles. The topological polar surface area (TPSA) is 57.9 Å². The van der Waals surface area contributed by atoms with Gasteiger partial charge in [0.2, 0.25) is 0 Å². The van der Waals surface area contributed by atoms with Crippen molar-refractivity contribution in [2.24, 2.45) is 0 Å². The number of hydrogen-bond donors (Lipinski definition) is 2. The summed E-state index contributed by atoms with van der Waals surface area (Å²) in [6.07, 6.45) is 0. The molecule has 5 heteroatoms. The average molecular weight is 220 g/mol. The van der Waals surface area contributed by atoms with Crippen molar-refractivity contribution >= 4 is 11.5 Å². The molecule has 3 N–H and O–H groups in total. The third-order valence-corrected chi connectivity index (χ3v) is 2.31. The van der Waals surface area contributed by atoms with Crippen LogP contribution in [0.25, 0.3) is 0 Å². The molecule has 0 radical (unpaired) electrons. The zero-order valence-corrected chi connectivity index (χ0v) is 8.94. The number of nitrogens with one attached hydrogen (secondary N) is 1. The Morgan fingerprint density at radius 2 is 2.25 bits per heavy atom. The van der Waals surface area contributed by atoms with Crippen molar-refractivity contribution in [2.75, 3.05) is 17.7 Å². The van der Waals surface area contributed by atoms with Gasteiger partial charge in [-0.3, -0.25) is 5.10 Å². The first-order valence-corrected chi connectivity index (χ1v) is 4.91. The SMILES string of the molecule is CN(Cc1cc(N)n[nH]1)c1cccc(F)c1. The fourth-order valence-electron chi connectivity index (χ4n) is 1.52. The Morgan fingerprint density at radius 3 is 2.88 bits per heavy atom. The van der Waals surface area contributed by atoms with Gasteiger partial charge >= 0.3 is 0 Å². The number of aromatic nitrogens is 2. The predicted octanol–water partition coefficient (Wildman–Crippen LogP) is 1.77. The molecule has 16 heavy (non-hydrogen) atoms. The Kier molecular flexibility index (Phi) is 2.76. The van der Waals surface area contributed by atoms with Crippen LogP contribution in [0.5, 0.6) is 0 Å². The highest BCUT2D eigenvalue weighted by atomic mass is 19.1. The van der Waals surface area contributed by atoms with Gasteiger partial charge in [-0.1, -0.05) is 6.07 Å². The molecule has 0 fully saturated rings. The van der Waals surface area contributed by atoms with Gasteiger partial charge in [0.05, 0.1) is 12.2 Å². The number of benzene rings is 1. The van der Waals surface area contributed by atoms with Crippen LogP contribution in [0.4, 0.5) is 15.9 Å². The van der Waals surface area contributed by atoms with Crippen LogP contribution < -0.4 is 10.6 Å². The highest BCUT2D eigenvalue weighted by Crippen LogP contribution is 2.16. The van der Waals surface area contributed by atoms with Gasteiger partial charge in [-0.25, -0.2) is 4.39 Å². The van der Waals surface area contributed by atoms with Gasteiger partial charge in [0.15, 0.2) is 0 Å². The zero-order valence-electron chi connectivity index (χ0n) is 8.94. The van der Waals surface area contributed by atoms with Gasteiger partial charge < -0.3 is 10.6 Å². The highest BCUT2D eigenvalue weighted by Gasteiger charge is 2.04. The predicted molar refractivity (Wildman–Crippen MR) is 61.5 cm³/mol. The number of anilines is 2. The standard InChI is InChI=1S/C11H13FN4/c1-16(7-9-6-11(13)15-14-9)10-4-2-3-8(12)5-10/h2-6H,7H2,1H3,(H3,13,14,15). The van der Waals surface area contributed by atoms with Gasteiger partial charge in [0.25, 0.3) is 0 Å². The molecular formula is C11H13FN4. The molecule has 0 amide bonds. The molecule has 1 aromatic heterocycles. The Balaban J connectivity index is 2.11. The lowest BCUT2D eigenvalue weighted by atomic mass is 10.2. The molecule has 0 spiro atoms. The number of nitrogens with zero attached hydrogens (tertiary/aromatic N) is 2. The third kappa shape index (κ3) is 2.31. The summed E-state index contributed by atoms with van der Waals surface area (Å²) in [5, 5.41) is 6.64. The Bertz CT molecular complexity index is 480. The van der Waals surface area contributed by atoms with Crippen LogP contribution >= 0.6 is 0 Å². The quantitative estimate of drug-likeness (QED) is 0.828. The number of H-pyrrole nitrogens is 1. The molecule has 0 unspecified atom stereocenters. The fourth-order valence-corrected chi connectivity index (χ4v) is 1.52. The maximum atomic E-state index is 13.0. The van der Waals surface area contributed by atoms with E-state index in [2.05, 4.69) is 10.2 Å². The van der Waals surface area contributed by atoms with E-state index < -0.39 is 0 Å². The molecule has 0 saturated heterocycles. The first-order valence-electron chi connectivity index (χ1n) is 4.91. The van der Waals surface area contributed by atoms with E-state index in [9.17, 15) is 4.39 Å². The van der Waals surface area contributed by atoms with Crippen LogP contribution in [0, 0.1) is 5.82 Å². The summed E-state index contributed by atoms with van der Waals surface area (Å²) in [5.41, 5.74) is 7.20. The lowest BCUT2D eigenvalue weighted by molar-refractivity contribution is 0.627. The van der Waals surface area contributed by atoms with Crippen molar-refractivity contribution in [3.63, 3.8) is 0 Å². The third-order valence-electron chi connectivity index (χ3n) is 2.31. The van der Waals surface area contributed by atoms with Crippen molar-refractivity contribution in [2.45, 2.75) is 6.54 Å². The number of nitrogen functional groups attached to an aromatic ring is 1. The Morgan fingerprint density at radius 1 is 1.44 bits per heavy atom. The second-order valence-electron chi connectivity index (χ2n) is 3.65. The smallest absolute Gasteiger partial charge is 0.145 e. The molecule has 0 aliphatic heterocycles. The van der Waals surface area contributed by atoms with E-state index in [1.165, 1.54) is 12.1 Å². The molecule has 4 nitrogen and oxygen atoms in total. The molecule has 2 rings (SSSR count). The molecule has 84 valence electrons. The maximum absolute atomic E-state index is 13.0. The van der Waals surface area contributed by atoms with E-state index in [1.807, 2.05) is 18.0 Å². The molecular weight excluding hydrogens is 207 g/mol. The zero-order chi connectivity index (χ0) is 11.5.